The molecule has 0 aromatic heterocycles. The second-order valence-electron chi connectivity index (χ2n) is 5.81. The summed E-state index contributed by atoms with van der Waals surface area (Å²) < 4.78 is 109. The molecule has 1 fully saturated rings. The summed E-state index contributed by atoms with van der Waals surface area (Å²) in [5, 5.41) is 9.50. The van der Waals surface area contributed by atoms with E-state index in [0.717, 1.165) is 6.07 Å². The largest absolute Gasteiger partial charge is 0.502 e. The molecule has 3 N–H and O–H groups in total. The first-order valence-electron chi connectivity index (χ1n) is 7.34. The van der Waals surface area contributed by atoms with Gasteiger partial charge >= 0.3 is 11.4 Å². The van der Waals surface area contributed by atoms with E-state index in [9.17, 15) is 44.7 Å². The lowest BCUT2D eigenvalue weighted by Crippen LogP contribution is -2.51. The lowest BCUT2D eigenvalue weighted by Gasteiger charge is -2.39. The van der Waals surface area contributed by atoms with E-state index in [2.05, 4.69) is 0 Å². The number of primary amides is 1. The average molecular weight is 439 g/mol. The number of hydrogen-bond donors (Lipinski definition) is 2. The van der Waals surface area contributed by atoms with Gasteiger partial charge in [-0.25, -0.2) is 12.8 Å². The monoisotopic (exact) mass is 439 g/mol. The van der Waals surface area contributed by atoms with Gasteiger partial charge in [0.25, 0.3) is 9.84 Å². The van der Waals surface area contributed by atoms with Crippen LogP contribution in [0.2, 0.25) is 0 Å². The third-order valence-corrected chi connectivity index (χ3v) is 5.47. The zero-order valence-electron chi connectivity index (χ0n) is 13.6. The zero-order valence-corrected chi connectivity index (χ0v) is 14.5. The number of alkyl halides is 5. The van der Waals surface area contributed by atoms with Crippen molar-refractivity contribution in [3.8, 4) is 5.75 Å². The number of benzene rings is 1. The van der Waals surface area contributed by atoms with Crippen molar-refractivity contribution in [2.24, 2.45) is 5.73 Å². The average Bonchev–Trinajstić information content (AvgIpc) is 2.59. The normalized spacial score (nSPS) is 20.4. The van der Waals surface area contributed by atoms with Crippen molar-refractivity contribution in [3.05, 3.63) is 62.9 Å². The van der Waals surface area contributed by atoms with E-state index in [-0.39, 0.29) is 0 Å². The van der Waals surface area contributed by atoms with Crippen LogP contribution in [0, 0.1) is 5.82 Å². The maximum atomic E-state index is 13.6. The van der Waals surface area contributed by atoms with Gasteiger partial charge in [-0.2, -0.15) is 22.0 Å². The molecule has 0 radical (unpaired) electrons. The number of aliphatic hydroxyl groups is 1. The van der Waals surface area contributed by atoms with E-state index < -0.39 is 72.2 Å². The Morgan fingerprint density at radius 2 is 1.83 bits per heavy atom. The van der Waals surface area contributed by atoms with E-state index in [1.807, 2.05) is 0 Å². The topological polar surface area (TPSA) is 107 Å². The second kappa shape index (κ2) is 6.26. The number of aliphatic hydroxyl groups excluding tert-OH is 1. The molecule has 1 saturated carbocycles. The third kappa shape index (κ3) is 3.14. The van der Waals surface area contributed by atoms with Crippen molar-refractivity contribution in [1.29, 1.82) is 0 Å². The molecule has 0 aliphatic heterocycles. The van der Waals surface area contributed by atoms with Gasteiger partial charge in [-0.1, -0.05) is 5.73 Å². The van der Waals surface area contributed by atoms with E-state index >= 15 is 0 Å². The van der Waals surface area contributed by atoms with Crippen LogP contribution in [0.5, 0.6) is 5.75 Å². The van der Waals surface area contributed by atoms with Crippen LogP contribution in [-0.2, 0) is 9.84 Å². The van der Waals surface area contributed by atoms with Gasteiger partial charge in [0.2, 0.25) is 5.91 Å². The van der Waals surface area contributed by atoms with Crippen molar-refractivity contribution in [3.63, 3.8) is 0 Å². The number of rotatable bonds is 4. The quantitative estimate of drug-likeness (QED) is 0.552. The molecule has 29 heavy (non-hydrogen) atoms. The van der Waals surface area contributed by atoms with Gasteiger partial charge in [-0.05, 0) is 17.9 Å². The van der Waals surface area contributed by atoms with Crippen LogP contribution in [0.15, 0.2) is 51.5 Å². The lowest BCUT2D eigenvalue weighted by atomic mass is 9.77. The molecule has 0 spiro atoms. The molecular weight excluding hydrogens is 432 g/mol. The molecule has 2 aliphatic carbocycles. The highest BCUT2D eigenvalue weighted by molar-refractivity contribution is 7.96. The smallest absolute Gasteiger partial charge is 0.447 e. The van der Waals surface area contributed by atoms with Crippen molar-refractivity contribution in [1.82, 2.24) is 0 Å². The summed E-state index contributed by atoms with van der Waals surface area (Å²) in [6, 6.07) is 2.00. The van der Waals surface area contributed by atoms with Crippen molar-refractivity contribution < 1.29 is 49.4 Å². The minimum Gasteiger partial charge on any atom is -0.447 e. The summed E-state index contributed by atoms with van der Waals surface area (Å²) >= 11 is 0. The predicted molar refractivity (Wildman–Crippen MR) is 82.6 cm³/mol. The van der Waals surface area contributed by atoms with Crippen LogP contribution in [0.3, 0.4) is 0 Å². The number of ether oxygens (including phenoxy) is 1. The lowest BCUT2D eigenvalue weighted by molar-refractivity contribution is -0.0919. The number of nitrogens with two attached hydrogens (primary N) is 1. The fourth-order valence-electron chi connectivity index (χ4n) is 2.58. The van der Waals surface area contributed by atoms with Crippen LogP contribution in [-0.4, -0.2) is 37.0 Å². The molecule has 0 saturated heterocycles. The number of halogens is 6. The number of hydrogen-bond acceptors (Lipinski definition) is 5. The summed E-state index contributed by atoms with van der Waals surface area (Å²) in [6.07, 6.45) is -2.88. The maximum Gasteiger partial charge on any atom is 0.502 e. The van der Waals surface area contributed by atoms with E-state index in [0.29, 0.717) is 12.1 Å². The van der Waals surface area contributed by atoms with Gasteiger partial charge in [-0.3, -0.25) is 4.79 Å². The number of fused-ring (bicyclic) bond motifs is 1. The van der Waals surface area contributed by atoms with Crippen molar-refractivity contribution in [2.75, 3.05) is 0 Å². The molecule has 154 valence electrons. The molecule has 1 amide bonds. The SMILES string of the molecule is NC(=O)c1cc(F)cc(OC2=C=C=C3C(=C2S(=O)(=O)C(F)(F)F)C(O)C3(F)F)c1. The van der Waals surface area contributed by atoms with E-state index in [4.69, 9.17) is 10.5 Å². The highest BCUT2D eigenvalue weighted by Gasteiger charge is 2.63. The number of carbonyl (C=O) groups is 1. The first-order valence-corrected chi connectivity index (χ1v) is 8.83. The highest BCUT2D eigenvalue weighted by Crippen LogP contribution is 2.53. The third-order valence-electron chi connectivity index (χ3n) is 3.92. The Hall–Kier alpha value is -2.98. The molecular formula is C16H7F6NO5S. The first-order chi connectivity index (χ1) is 13.2. The van der Waals surface area contributed by atoms with Crippen molar-refractivity contribution >= 4 is 15.7 Å². The molecule has 0 heterocycles. The van der Waals surface area contributed by atoms with Crippen molar-refractivity contribution in [2.45, 2.75) is 17.5 Å². The molecule has 6 nitrogen and oxygen atoms in total. The first kappa shape index (κ1) is 20.7. The molecule has 1 aromatic carbocycles. The minimum atomic E-state index is -6.30. The van der Waals surface area contributed by atoms with Gasteiger partial charge in [-0.15, -0.1) is 0 Å². The Labute approximate surface area is 157 Å². The van der Waals surface area contributed by atoms with Crippen LogP contribution in [0.25, 0.3) is 0 Å². The number of sulfone groups is 1. The van der Waals surface area contributed by atoms with Gasteiger partial charge in [0, 0.05) is 17.2 Å². The Bertz CT molecular complexity index is 1180. The van der Waals surface area contributed by atoms with Crippen LogP contribution in [0.4, 0.5) is 26.3 Å². The molecule has 1 unspecified atom stereocenters. The molecule has 13 heteroatoms. The fraction of sp³-hybridized carbons (Fsp3) is 0.188. The Morgan fingerprint density at radius 1 is 1.21 bits per heavy atom. The molecule has 1 aromatic rings. The summed E-state index contributed by atoms with van der Waals surface area (Å²) in [5.41, 5.74) is -0.584. The van der Waals surface area contributed by atoms with Crippen LogP contribution in [0.1, 0.15) is 10.4 Å². The Kier molecular flexibility index (Phi) is 4.48. The molecule has 2 aliphatic rings. The van der Waals surface area contributed by atoms with E-state index in [1.165, 1.54) is 0 Å². The predicted octanol–water partition coefficient (Wildman–Crippen LogP) is 2.08. The summed E-state index contributed by atoms with van der Waals surface area (Å²) in [7, 11) is -6.30. The standard InChI is InChI=1S/C16H7F6NO5S/c17-7-3-6(14(23)25)4-8(5-7)28-10-2-1-9-11(13(24)15(9,18)19)12(10)29(26,27)16(20,21)22/h3-5,13,24H,(H2,23,25). The fourth-order valence-corrected chi connectivity index (χ4v) is 3.65. The van der Waals surface area contributed by atoms with Crippen LogP contribution < -0.4 is 10.5 Å². The zero-order chi connectivity index (χ0) is 21.9. The summed E-state index contributed by atoms with van der Waals surface area (Å²) in [5.74, 6) is -8.27. The molecule has 1 atom stereocenters. The molecule has 3 rings (SSSR count). The second-order valence-corrected chi connectivity index (χ2v) is 7.69. The van der Waals surface area contributed by atoms with Gasteiger partial charge in [0.15, 0.2) is 11.9 Å². The molecule has 0 bridgehead atoms. The Morgan fingerprint density at radius 3 is 2.38 bits per heavy atom. The van der Waals surface area contributed by atoms with Gasteiger partial charge in [0.1, 0.15) is 16.5 Å². The van der Waals surface area contributed by atoms with Gasteiger partial charge in [0.05, 0.1) is 5.57 Å². The highest BCUT2D eigenvalue weighted by atomic mass is 32.2. The van der Waals surface area contributed by atoms with Gasteiger partial charge < -0.3 is 15.6 Å². The number of amides is 1. The number of carbonyl (C=O) groups excluding carboxylic acids is 1. The Balaban J connectivity index is 2.21. The summed E-state index contributed by atoms with van der Waals surface area (Å²) in [4.78, 5) is 9.35. The van der Waals surface area contributed by atoms with Crippen LogP contribution >= 0.6 is 0 Å². The van der Waals surface area contributed by atoms with E-state index in [1.54, 1.807) is 11.5 Å². The minimum absolute atomic E-state index is 0.472. The maximum absolute atomic E-state index is 13.6. The summed E-state index contributed by atoms with van der Waals surface area (Å²) in [6.45, 7) is 0.